The van der Waals surface area contributed by atoms with E-state index in [0.717, 1.165) is 23.3 Å². The number of hydrogen-bond donors (Lipinski definition) is 2. The fourth-order valence-electron chi connectivity index (χ4n) is 1.81. The average molecular weight is 311 g/mol. The summed E-state index contributed by atoms with van der Waals surface area (Å²) in [5.74, 6) is 0.00597. The normalized spacial score (nSPS) is 12.6. The van der Waals surface area contributed by atoms with Crippen molar-refractivity contribution in [2.45, 2.75) is 26.3 Å². The number of carbonyl (C=O) groups excluding carboxylic acids is 1. The summed E-state index contributed by atoms with van der Waals surface area (Å²) in [6, 6.07) is 5.86. The van der Waals surface area contributed by atoms with Crippen LogP contribution in [0.1, 0.15) is 20.3 Å². The van der Waals surface area contributed by atoms with Crippen LogP contribution in [0.3, 0.4) is 0 Å². The Bertz CT molecular complexity index is 540. The van der Waals surface area contributed by atoms with Gasteiger partial charge in [0.15, 0.2) is 0 Å². The van der Waals surface area contributed by atoms with Crippen molar-refractivity contribution in [1.82, 2.24) is 13.3 Å². The van der Waals surface area contributed by atoms with Gasteiger partial charge in [-0.25, -0.2) is 0 Å². The number of carbonyl (C=O) groups is 1. The van der Waals surface area contributed by atoms with Gasteiger partial charge >= 0.3 is 112 Å². The first-order chi connectivity index (χ1) is 8.70. The van der Waals surface area contributed by atoms with Gasteiger partial charge in [0.05, 0.1) is 0 Å². The summed E-state index contributed by atoms with van der Waals surface area (Å²) >= 11 is -0.0692. The molecule has 2 aromatic rings. The van der Waals surface area contributed by atoms with Gasteiger partial charge < -0.3 is 0 Å². The second kappa shape index (κ2) is 6.09. The van der Waals surface area contributed by atoms with E-state index in [4.69, 9.17) is 0 Å². The molecule has 0 radical (unpaired) electrons. The van der Waals surface area contributed by atoms with Crippen LogP contribution in [0.5, 0.6) is 0 Å². The Kier molecular flexibility index (Phi) is 4.47. The molecule has 0 bridgehead atoms. The van der Waals surface area contributed by atoms with Crippen molar-refractivity contribution in [3.63, 3.8) is 0 Å². The molecule has 5 nitrogen and oxygen atoms in total. The van der Waals surface area contributed by atoms with E-state index in [-0.39, 0.29) is 26.9 Å². The molecule has 6 heteroatoms. The van der Waals surface area contributed by atoms with Gasteiger partial charge in [0.25, 0.3) is 0 Å². The van der Waals surface area contributed by atoms with Crippen LogP contribution in [0.25, 0.3) is 11.0 Å². The first-order valence-electron chi connectivity index (χ1n) is 5.95. The third-order valence-corrected chi connectivity index (χ3v) is 3.74. The van der Waals surface area contributed by atoms with Crippen LogP contribution in [0.4, 0.5) is 5.69 Å². The van der Waals surface area contributed by atoms with Crippen LogP contribution in [-0.4, -0.2) is 41.4 Å². The van der Waals surface area contributed by atoms with Crippen LogP contribution in [0.15, 0.2) is 18.2 Å². The van der Waals surface area contributed by atoms with Crippen LogP contribution < -0.4 is 10.6 Å². The molecule has 1 aromatic carbocycles. The predicted octanol–water partition coefficient (Wildman–Crippen LogP) is 1.01. The Labute approximate surface area is 112 Å². The molecule has 1 atom stereocenters. The summed E-state index contributed by atoms with van der Waals surface area (Å²) in [5.41, 5.74) is 2.47. The molecule has 1 amide bonds. The van der Waals surface area contributed by atoms with Gasteiger partial charge in [-0.2, -0.15) is 0 Å². The van der Waals surface area contributed by atoms with E-state index in [1.807, 2.05) is 32.0 Å². The summed E-state index contributed by atoms with van der Waals surface area (Å²) in [5, 5.41) is 6.12. The first kappa shape index (κ1) is 13.2. The summed E-state index contributed by atoms with van der Waals surface area (Å²) in [6.45, 7) is 4.90. The number of nitrogens with one attached hydrogen (secondary N) is 2. The minimum atomic E-state index is -0.0692. The van der Waals surface area contributed by atoms with E-state index in [2.05, 4.69) is 18.6 Å². The Balaban J connectivity index is 2.05. The molecule has 18 heavy (non-hydrogen) atoms. The van der Waals surface area contributed by atoms with Gasteiger partial charge in [0.1, 0.15) is 0 Å². The summed E-state index contributed by atoms with van der Waals surface area (Å²) < 4.78 is 8.62. The fraction of sp³-hybridized carbons (Fsp3) is 0.417. The SMILES string of the molecule is CCNC(C)CC(=O)Nc1cccc2n[se]nc12. The number of rotatable bonds is 5. The zero-order valence-corrected chi connectivity index (χ0v) is 12.1. The molecule has 2 N–H and O–H groups in total. The Morgan fingerprint density at radius 3 is 3.06 bits per heavy atom. The molecule has 0 aliphatic carbocycles. The van der Waals surface area contributed by atoms with Crippen LogP contribution >= 0.6 is 0 Å². The molecule has 0 saturated heterocycles. The van der Waals surface area contributed by atoms with E-state index in [1.165, 1.54) is 0 Å². The first-order valence-corrected chi connectivity index (χ1v) is 7.48. The van der Waals surface area contributed by atoms with Gasteiger partial charge in [-0.05, 0) is 0 Å². The number of anilines is 1. The molecular formula is C12H16N4OSe. The van der Waals surface area contributed by atoms with E-state index in [9.17, 15) is 4.79 Å². The zero-order chi connectivity index (χ0) is 13.0. The molecule has 1 unspecified atom stereocenters. The monoisotopic (exact) mass is 312 g/mol. The second-order valence-corrected chi connectivity index (χ2v) is 5.26. The molecule has 0 aliphatic heterocycles. The van der Waals surface area contributed by atoms with Crippen molar-refractivity contribution in [3.05, 3.63) is 18.2 Å². The summed E-state index contributed by atoms with van der Waals surface area (Å²) in [6.07, 6.45) is 0.458. The van der Waals surface area contributed by atoms with Crippen molar-refractivity contribution in [1.29, 1.82) is 0 Å². The van der Waals surface area contributed by atoms with Crippen LogP contribution in [0.2, 0.25) is 0 Å². The molecule has 1 heterocycles. The van der Waals surface area contributed by atoms with Gasteiger partial charge in [-0.1, -0.05) is 0 Å². The van der Waals surface area contributed by atoms with Crippen molar-refractivity contribution >= 4 is 37.6 Å². The molecule has 1 aromatic heterocycles. The predicted molar refractivity (Wildman–Crippen MR) is 72.9 cm³/mol. The standard InChI is InChI=1S/C12H16N4OSe/c1-3-13-8(2)7-11(17)14-9-5-4-6-10-12(9)16-18-15-10/h4-6,8,13H,3,7H2,1-2H3,(H,14,17). The van der Waals surface area contributed by atoms with Crippen molar-refractivity contribution in [3.8, 4) is 0 Å². The van der Waals surface area contributed by atoms with Gasteiger partial charge in [-0.3, -0.25) is 0 Å². The maximum atomic E-state index is 11.9. The molecule has 0 spiro atoms. The maximum absolute atomic E-state index is 11.9. The van der Waals surface area contributed by atoms with Crippen LogP contribution in [0, 0.1) is 0 Å². The van der Waals surface area contributed by atoms with E-state index in [1.54, 1.807) is 0 Å². The zero-order valence-electron chi connectivity index (χ0n) is 10.4. The number of aromatic nitrogens is 2. The number of benzene rings is 1. The molecule has 96 valence electrons. The topological polar surface area (TPSA) is 66.9 Å². The number of nitrogens with zero attached hydrogens (tertiary/aromatic N) is 2. The third kappa shape index (κ3) is 3.16. The van der Waals surface area contributed by atoms with Gasteiger partial charge in [0, 0.05) is 0 Å². The van der Waals surface area contributed by atoms with E-state index < -0.39 is 0 Å². The Hall–Kier alpha value is -1.23. The van der Waals surface area contributed by atoms with E-state index in [0.29, 0.717) is 6.42 Å². The average Bonchev–Trinajstić information content (AvgIpc) is 2.78. The van der Waals surface area contributed by atoms with Crippen LogP contribution in [-0.2, 0) is 4.79 Å². The third-order valence-electron chi connectivity index (χ3n) is 2.60. The molecule has 0 saturated carbocycles. The summed E-state index contributed by atoms with van der Waals surface area (Å²) in [4.78, 5) is 11.9. The number of amides is 1. The van der Waals surface area contributed by atoms with Gasteiger partial charge in [0.2, 0.25) is 0 Å². The fourth-order valence-corrected chi connectivity index (χ4v) is 2.96. The van der Waals surface area contributed by atoms with E-state index >= 15 is 0 Å². The van der Waals surface area contributed by atoms with Crippen molar-refractivity contribution < 1.29 is 4.79 Å². The summed E-state index contributed by atoms with van der Waals surface area (Å²) in [7, 11) is 0. The molecule has 2 rings (SSSR count). The second-order valence-electron chi connectivity index (χ2n) is 4.15. The quantitative estimate of drug-likeness (QED) is 0.809. The van der Waals surface area contributed by atoms with Crippen molar-refractivity contribution in [2.75, 3.05) is 11.9 Å². The number of hydrogen-bond acceptors (Lipinski definition) is 4. The number of fused-ring (bicyclic) bond motifs is 1. The van der Waals surface area contributed by atoms with Gasteiger partial charge in [-0.15, -0.1) is 0 Å². The molecule has 0 fully saturated rings. The minimum absolute atomic E-state index is 0.00597. The Morgan fingerprint density at radius 1 is 1.44 bits per heavy atom. The van der Waals surface area contributed by atoms with Crippen molar-refractivity contribution in [2.24, 2.45) is 0 Å². The molecule has 0 aliphatic rings. The molecular weight excluding hydrogens is 295 g/mol. The Morgan fingerprint density at radius 2 is 2.28 bits per heavy atom.